The predicted octanol–water partition coefficient (Wildman–Crippen LogP) is 0.373. The zero-order valence-corrected chi connectivity index (χ0v) is 11.7. The van der Waals surface area contributed by atoms with Crippen LogP contribution in [0.4, 0.5) is 4.79 Å². The number of nitrogens with two attached hydrogens (primary N) is 1. The van der Waals surface area contributed by atoms with Crippen molar-refractivity contribution in [2.24, 2.45) is 5.73 Å². The van der Waals surface area contributed by atoms with Crippen molar-refractivity contribution in [1.29, 1.82) is 0 Å². The summed E-state index contributed by atoms with van der Waals surface area (Å²) >= 11 is 0. The predicted molar refractivity (Wildman–Crippen MR) is 69.7 cm³/mol. The van der Waals surface area contributed by atoms with E-state index in [1.165, 1.54) is 12.0 Å². The normalized spacial score (nSPS) is 10.1. The van der Waals surface area contributed by atoms with E-state index in [-0.39, 0.29) is 18.9 Å². The Morgan fingerprint density at radius 1 is 1.21 bits per heavy atom. The van der Waals surface area contributed by atoms with Gasteiger partial charge >= 0.3 is 12.1 Å². The molecule has 0 aliphatic carbocycles. The number of hydrogen-bond acceptors (Lipinski definition) is 6. The number of carbonyl (C=O) groups is 2. The molecule has 0 bridgehead atoms. The zero-order valence-electron chi connectivity index (χ0n) is 11.7. The Balaban J connectivity index is 4.03. The van der Waals surface area contributed by atoms with Gasteiger partial charge in [-0.2, -0.15) is 0 Å². The largest absolute Gasteiger partial charge is 0.469 e. The van der Waals surface area contributed by atoms with Gasteiger partial charge in [-0.15, -0.1) is 0 Å². The van der Waals surface area contributed by atoms with Gasteiger partial charge in [-0.05, 0) is 13.3 Å². The van der Waals surface area contributed by atoms with E-state index in [1.807, 2.05) is 0 Å². The smallest absolute Gasteiger partial charge is 0.409 e. The molecule has 7 heteroatoms. The van der Waals surface area contributed by atoms with E-state index in [4.69, 9.17) is 15.2 Å². The minimum atomic E-state index is -0.426. The average molecular weight is 276 g/mol. The van der Waals surface area contributed by atoms with Crippen LogP contribution in [0, 0.1) is 0 Å². The molecule has 0 saturated carbocycles. The molecule has 0 radical (unpaired) electrons. The van der Waals surface area contributed by atoms with E-state index in [0.717, 1.165) is 0 Å². The van der Waals surface area contributed by atoms with E-state index < -0.39 is 6.09 Å². The van der Waals surface area contributed by atoms with Crippen LogP contribution in [0.2, 0.25) is 0 Å². The van der Waals surface area contributed by atoms with Crippen molar-refractivity contribution in [3.8, 4) is 0 Å². The molecule has 0 atom stereocenters. The van der Waals surface area contributed by atoms with Crippen LogP contribution in [-0.4, -0.2) is 63.5 Å². The lowest BCUT2D eigenvalue weighted by Crippen LogP contribution is -2.35. The molecule has 112 valence electrons. The maximum Gasteiger partial charge on any atom is 0.409 e. The number of ether oxygens (including phenoxy) is 3. The minimum absolute atomic E-state index is 0.152. The highest BCUT2D eigenvalue weighted by molar-refractivity contribution is 5.71. The van der Waals surface area contributed by atoms with E-state index >= 15 is 0 Å². The van der Waals surface area contributed by atoms with Gasteiger partial charge in [0.15, 0.2) is 0 Å². The summed E-state index contributed by atoms with van der Waals surface area (Å²) in [4.78, 5) is 24.2. The maximum atomic E-state index is 11.7. The first-order valence-electron chi connectivity index (χ1n) is 6.42. The number of hydrogen-bond donors (Lipinski definition) is 1. The molecule has 19 heavy (non-hydrogen) atoms. The molecule has 0 saturated heterocycles. The van der Waals surface area contributed by atoms with Crippen LogP contribution in [-0.2, 0) is 19.0 Å². The summed E-state index contributed by atoms with van der Waals surface area (Å²) in [6.45, 7) is 4.29. The third-order valence-electron chi connectivity index (χ3n) is 2.32. The van der Waals surface area contributed by atoms with Gasteiger partial charge in [0.05, 0.1) is 26.7 Å². The molecule has 0 unspecified atom stereocenters. The quantitative estimate of drug-likeness (QED) is 0.458. The molecule has 1 amide bonds. The van der Waals surface area contributed by atoms with Gasteiger partial charge in [0.2, 0.25) is 0 Å². The van der Waals surface area contributed by atoms with Gasteiger partial charge in [-0.3, -0.25) is 4.79 Å². The highest BCUT2D eigenvalue weighted by atomic mass is 16.6. The van der Waals surface area contributed by atoms with Gasteiger partial charge in [0.25, 0.3) is 0 Å². The van der Waals surface area contributed by atoms with Crippen LogP contribution in [0.1, 0.15) is 19.8 Å². The van der Waals surface area contributed by atoms with Crippen LogP contribution >= 0.6 is 0 Å². The molecule has 2 N–H and O–H groups in total. The SMILES string of the molecule is CCOC(=O)N(CCCOCCN)CCC(=O)OC. The lowest BCUT2D eigenvalue weighted by Gasteiger charge is -2.21. The Morgan fingerprint density at radius 3 is 2.53 bits per heavy atom. The average Bonchev–Trinajstić information content (AvgIpc) is 2.41. The van der Waals surface area contributed by atoms with E-state index in [0.29, 0.717) is 39.3 Å². The summed E-state index contributed by atoms with van der Waals surface area (Å²) in [5.74, 6) is -0.353. The van der Waals surface area contributed by atoms with Crippen molar-refractivity contribution in [2.45, 2.75) is 19.8 Å². The molecule has 0 fully saturated rings. The number of amides is 1. The van der Waals surface area contributed by atoms with E-state index in [2.05, 4.69) is 4.74 Å². The summed E-state index contributed by atoms with van der Waals surface area (Å²) < 4.78 is 14.7. The Kier molecular flexibility index (Phi) is 10.9. The van der Waals surface area contributed by atoms with Crippen molar-refractivity contribution in [3.63, 3.8) is 0 Å². The molecular formula is C12H24N2O5. The van der Waals surface area contributed by atoms with Crippen LogP contribution < -0.4 is 5.73 Å². The number of nitrogens with zero attached hydrogens (tertiary/aromatic N) is 1. The molecule has 0 spiro atoms. The number of carbonyl (C=O) groups excluding carboxylic acids is 2. The molecule has 0 aromatic carbocycles. The van der Waals surface area contributed by atoms with E-state index in [9.17, 15) is 9.59 Å². The van der Waals surface area contributed by atoms with Gasteiger partial charge in [0.1, 0.15) is 0 Å². The zero-order chi connectivity index (χ0) is 14.5. The molecule has 0 aromatic heterocycles. The van der Waals surface area contributed by atoms with Crippen molar-refractivity contribution in [2.75, 3.05) is 46.6 Å². The Hall–Kier alpha value is -1.34. The molecular weight excluding hydrogens is 252 g/mol. The second kappa shape index (κ2) is 11.7. The second-order valence-electron chi connectivity index (χ2n) is 3.77. The molecule has 0 aliphatic heterocycles. The van der Waals surface area contributed by atoms with Crippen LogP contribution in [0.25, 0.3) is 0 Å². The topological polar surface area (TPSA) is 91.1 Å². The molecule has 0 heterocycles. The Bertz CT molecular complexity index is 261. The highest BCUT2D eigenvalue weighted by Crippen LogP contribution is 2.00. The van der Waals surface area contributed by atoms with Crippen molar-refractivity contribution in [1.82, 2.24) is 4.90 Å². The molecule has 7 nitrogen and oxygen atoms in total. The van der Waals surface area contributed by atoms with E-state index in [1.54, 1.807) is 6.92 Å². The molecule has 0 aromatic rings. The monoisotopic (exact) mass is 276 g/mol. The van der Waals surface area contributed by atoms with Crippen LogP contribution in [0.3, 0.4) is 0 Å². The van der Waals surface area contributed by atoms with Gasteiger partial charge < -0.3 is 24.8 Å². The lowest BCUT2D eigenvalue weighted by molar-refractivity contribution is -0.140. The maximum absolute atomic E-state index is 11.7. The summed E-state index contributed by atoms with van der Waals surface area (Å²) in [5.41, 5.74) is 5.29. The van der Waals surface area contributed by atoms with Gasteiger partial charge in [-0.25, -0.2) is 4.79 Å². The number of rotatable bonds is 10. The number of methoxy groups -OCH3 is 1. The number of esters is 1. The standard InChI is InChI=1S/C12H24N2O5/c1-3-19-12(16)14(8-5-11(15)17-2)7-4-9-18-10-6-13/h3-10,13H2,1-2H3. The van der Waals surface area contributed by atoms with Crippen LogP contribution in [0.5, 0.6) is 0 Å². The third kappa shape index (κ3) is 9.26. The van der Waals surface area contributed by atoms with Crippen LogP contribution in [0.15, 0.2) is 0 Å². The summed E-state index contributed by atoms with van der Waals surface area (Å²) in [6, 6.07) is 0. The fourth-order valence-electron chi connectivity index (χ4n) is 1.38. The van der Waals surface area contributed by atoms with Crippen molar-refractivity contribution in [3.05, 3.63) is 0 Å². The summed E-state index contributed by atoms with van der Waals surface area (Å²) in [5, 5.41) is 0. The summed E-state index contributed by atoms with van der Waals surface area (Å²) in [7, 11) is 1.32. The Morgan fingerprint density at radius 2 is 1.95 bits per heavy atom. The molecule has 0 aliphatic rings. The van der Waals surface area contributed by atoms with Gasteiger partial charge in [0, 0.05) is 26.2 Å². The third-order valence-corrected chi connectivity index (χ3v) is 2.32. The first kappa shape index (κ1) is 17.7. The van der Waals surface area contributed by atoms with Crippen molar-refractivity contribution >= 4 is 12.1 Å². The molecule has 0 rings (SSSR count). The first-order chi connectivity index (χ1) is 9.15. The highest BCUT2D eigenvalue weighted by Gasteiger charge is 2.15. The van der Waals surface area contributed by atoms with Crippen molar-refractivity contribution < 1.29 is 23.8 Å². The van der Waals surface area contributed by atoms with Gasteiger partial charge in [-0.1, -0.05) is 0 Å². The lowest BCUT2D eigenvalue weighted by atomic mass is 10.3. The fourth-order valence-corrected chi connectivity index (χ4v) is 1.38. The minimum Gasteiger partial charge on any atom is -0.469 e. The second-order valence-corrected chi connectivity index (χ2v) is 3.77. The Labute approximate surface area is 114 Å². The summed E-state index contributed by atoms with van der Waals surface area (Å²) in [6.07, 6.45) is 0.393. The fraction of sp³-hybridized carbons (Fsp3) is 0.833. The first-order valence-corrected chi connectivity index (χ1v) is 6.42.